The summed E-state index contributed by atoms with van der Waals surface area (Å²) in [4.78, 5) is 12.4. The maximum atomic E-state index is 12.4. The van der Waals surface area contributed by atoms with E-state index in [0.717, 1.165) is 0 Å². The van der Waals surface area contributed by atoms with Gasteiger partial charge < -0.3 is 10.1 Å². The minimum atomic E-state index is -3.16. The molecule has 1 fully saturated rings. The van der Waals surface area contributed by atoms with E-state index in [1.165, 1.54) is 11.4 Å². The number of hydrogen-bond donors (Lipinski definition) is 1. The molecule has 1 N–H and O–H groups in total. The van der Waals surface area contributed by atoms with Crippen LogP contribution in [0.25, 0.3) is 0 Å². The molecule has 0 saturated carbocycles. The number of halogens is 1. The first-order chi connectivity index (χ1) is 10.9. The van der Waals surface area contributed by atoms with E-state index in [9.17, 15) is 13.2 Å². The number of ether oxygens (including phenoxy) is 1. The van der Waals surface area contributed by atoms with Gasteiger partial charge in [-0.2, -0.15) is 0 Å². The Bertz CT molecular complexity index is 670. The lowest BCUT2D eigenvalue weighted by molar-refractivity contribution is 0.0921. The van der Waals surface area contributed by atoms with Gasteiger partial charge in [0.15, 0.2) is 0 Å². The molecule has 1 aromatic rings. The average Bonchev–Trinajstić information content (AvgIpc) is 2.55. The standard InChI is InChI=1S/C15H21ClN2O4S/c1-3-23(20,21)18-8-6-12(7-9-18)17-15(19)13-10-11(16)4-5-14(13)22-2/h4-5,10,12H,3,6-9H2,1-2H3,(H,17,19). The van der Waals surface area contributed by atoms with Crippen LogP contribution in [0.2, 0.25) is 5.02 Å². The monoisotopic (exact) mass is 360 g/mol. The highest BCUT2D eigenvalue weighted by Crippen LogP contribution is 2.23. The van der Waals surface area contributed by atoms with Crippen LogP contribution in [0.15, 0.2) is 18.2 Å². The summed E-state index contributed by atoms with van der Waals surface area (Å²) in [6.07, 6.45) is 1.18. The van der Waals surface area contributed by atoms with Gasteiger partial charge in [0.1, 0.15) is 5.75 Å². The number of methoxy groups -OCH3 is 1. The molecule has 0 aliphatic carbocycles. The van der Waals surface area contributed by atoms with Crippen LogP contribution in [0.1, 0.15) is 30.1 Å². The van der Waals surface area contributed by atoms with Gasteiger partial charge in [-0.15, -0.1) is 0 Å². The molecule has 1 aliphatic heterocycles. The fraction of sp³-hybridized carbons (Fsp3) is 0.533. The number of amides is 1. The van der Waals surface area contributed by atoms with Crippen molar-refractivity contribution in [2.45, 2.75) is 25.8 Å². The van der Waals surface area contributed by atoms with Crippen molar-refractivity contribution in [3.8, 4) is 5.75 Å². The molecule has 1 heterocycles. The lowest BCUT2D eigenvalue weighted by Crippen LogP contribution is -2.46. The van der Waals surface area contributed by atoms with E-state index in [2.05, 4.69) is 5.32 Å². The number of sulfonamides is 1. The van der Waals surface area contributed by atoms with Crippen LogP contribution >= 0.6 is 11.6 Å². The molecule has 1 aromatic carbocycles. The van der Waals surface area contributed by atoms with Crippen molar-refractivity contribution in [3.63, 3.8) is 0 Å². The number of benzene rings is 1. The van der Waals surface area contributed by atoms with E-state index in [-0.39, 0.29) is 17.7 Å². The number of hydrogen-bond acceptors (Lipinski definition) is 4. The second-order valence-corrected chi connectivity index (χ2v) is 8.09. The molecule has 1 saturated heterocycles. The Morgan fingerprint density at radius 2 is 2.04 bits per heavy atom. The van der Waals surface area contributed by atoms with Crippen LogP contribution in [0.5, 0.6) is 5.75 Å². The second kappa shape index (κ2) is 7.51. The molecule has 1 amide bonds. The third kappa shape index (κ3) is 4.37. The Kier molecular flexibility index (Phi) is 5.89. The SMILES string of the molecule is CCS(=O)(=O)N1CCC(NC(=O)c2cc(Cl)ccc2OC)CC1. The van der Waals surface area contributed by atoms with Crippen molar-refractivity contribution in [2.24, 2.45) is 0 Å². The van der Waals surface area contributed by atoms with Crippen LogP contribution in [0.3, 0.4) is 0 Å². The molecule has 1 aliphatic rings. The summed E-state index contributed by atoms with van der Waals surface area (Å²) in [6.45, 7) is 2.48. The minimum absolute atomic E-state index is 0.0607. The summed E-state index contributed by atoms with van der Waals surface area (Å²) in [5.74, 6) is 0.294. The van der Waals surface area contributed by atoms with Gasteiger partial charge >= 0.3 is 0 Å². The largest absolute Gasteiger partial charge is 0.496 e. The Labute approximate surface area is 141 Å². The molecule has 0 unspecified atom stereocenters. The first kappa shape index (κ1) is 18.0. The molecule has 0 spiro atoms. The summed E-state index contributed by atoms with van der Waals surface area (Å²) in [5.41, 5.74) is 0.378. The molecule has 0 aromatic heterocycles. The van der Waals surface area contributed by atoms with Crippen molar-refractivity contribution in [1.82, 2.24) is 9.62 Å². The third-order valence-corrected chi connectivity index (χ3v) is 6.07. The molecule has 23 heavy (non-hydrogen) atoms. The van der Waals surface area contributed by atoms with Crippen LogP contribution in [0.4, 0.5) is 0 Å². The zero-order valence-electron chi connectivity index (χ0n) is 13.2. The maximum absolute atomic E-state index is 12.4. The van der Waals surface area contributed by atoms with E-state index in [1.54, 1.807) is 25.1 Å². The number of nitrogens with one attached hydrogen (secondary N) is 1. The molecular weight excluding hydrogens is 340 g/mol. The topological polar surface area (TPSA) is 75.7 Å². The second-order valence-electron chi connectivity index (χ2n) is 5.39. The summed E-state index contributed by atoms with van der Waals surface area (Å²) >= 11 is 5.94. The maximum Gasteiger partial charge on any atom is 0.255 e. The summed E-state index contributed by atoms with van der Waals surface area (Å²) < 4.78 is 30.3. The molecule has 128 valence electrons. The van der Waals surface area contributed by atoms with E-state index >= 15 is 0 Å². The molecule has 0 bridgehead atoms. The number of nitrogens with zero attached hydrogens (tertiary/aromatic N) is 1. The van der Waals surface area contributed by atoms with Crippen molar-refractivity contribution in [1.29, 1.82) is 0 Å². The predicted molar refractivity (Wildman–Crippen MR) is 89.5 cm³/mol. The number of rotatable bonds is 5. The molecular formula is C15H21ClN2O4S. The van der Waals surface area contributed by atoms with Crippen LogP contribution < -0.4 is 10.1 Å². The van der Waals surface area contributed by atoms with Crippen molar-refractivity contribution in [3.05, 3.63) is 28.8 Å². The zero-order valence-corrected chi connectivity index (χ0v) is 14.8. The van der Waals surface area contributed by atoms with E-state index in [4.69, 9.17) is 16.3 Å². The van der Waals surface area contributed by atoms with Crippen LogP contribution in [-0.2, 0) is 10.0 Å². The lowest BCUT2D eigenvalue weighted by atomic mass is 10.1. The van der Waals surface area contributed by atoms with Gasteiger partial charge in [-0.1, -0.05) is 11.6 Å². The normalized spacial score (nSPS) is 17.0. The highest BCUT2D eigenvalue weighted by atomic mass is 35.5. The summed E-state index contributed by atoms with van der Waals surface area (Å²) in [5, 5.41) is 3.39. The Hall–Kier alpha value is -1.31. The Morgan fingerprint density at radius 1 is 1.39 bits per heavy atom. The Balaban J connectivity index is 1.99. The van der Waals surface area contributed by atoms with Crippen LogP contribution in [0, 0.1) is 0 Å². The highest BCUT2D eigenvalue weighted by molar-refractivity contribution is 7.89. The molecule has 8 heteroatoms. The predicted octanol–water partition coefficient (Wildman–Crippen LogP) is 1.89. The number of carbonyl (C=O) groups is 1. The van der Waals surface area contributed by atoms with Crippen LogP contribution in [-0.4, -0.2) is 50.6 Å². The van der Waals surface area contributed by atoms with E-state index in [0.29, 0.717) is 42.3 Å². The smallest absolute Gasteiger partial charge is 0.255 e. The van der Waals surface area contributed by atoms with Gasteiger partial charge in [-0.25, -0.2) is 12.7 Å². The molecule has 2 rings (SSSR count). The number of piperidine rings is 1. The minimum Gasteiger partial charge on any atom is -0.496 e. The van der Waals surface area contributed by atoms with Gasteiger partial charge in [-0.05, 0) is 38.0 Å². The van der Waals surface area contributed by atoms with Gasteiger partial charge in [0.2, 0.25) is 10.0 Å². The average molecular weight is 361 g/mol. The third-order valence-electron chi connectivity index (χ3n) is 3.95. The van der Waals surface area contributed by atoms with E-state index < -0.39 is 10.0 Å². The molecule has 0 atom stereocenters. The Morgan fingerprint density at radius 3 is 2.61 bits per heavy atom. The van der Waals surface area contributed by atoms with Gasteiger partial charge in [0.05, 0.1) is 18.4 Å². The summed E-state index contributed by atoms with van der Waals surface area (Å²) in [7, 11) is -1.66. The first-order valence-corrected chi connectivity index (χ1v) is 9.48. The van der Waals surface area contributed by atoms with Gasteiger partial charge in [0, 0.05) is 24.2 Å². The molecule has 0 radical (unpaired) electrons. The van der Waals surface area contributed by atoms with Gasteiger partial charge in [-0.3, -0.25) is 4.79 Å². The number of carbonyl (C=O) groups excluding carboxylic acids is 1. The fourth-order valence-corrected chi connectivity index (χ4v) is 3.89. The quantitative estimate of drug-likeness (QED) is 0.870. The van der Waals surface area contributed by atoms with Crippen molar-refractivity contribution >= 4 is 27.5 Å². The zero-order chi connectivity index (χ0) is 17.0. The van der Waals surface area contributed by atoms with E-state index in [1.807, 2.05) is 0 Å². The summed E-state index contributed by atoms with van der Waals surface area (Å²) in [6, 6.07) is 4.81. The first-order valence-electron chi connectivity index (χ1n) is 7.49. The highest BCUT2D eigenvalue weighted by Gasteiger charge is 2.28. The van der Waals surface area contributed by atoms with Crippen molar-refractivity contribution in [2.75, 3.05) is 26.0 Å². The fourth-order valence-electron chi connectivity index (χ4n) is 2.58. The molecule has 6 nitrogen and oxygen atoms in total. The van der Waals surface area contributed by atoms with Crippen molar-refractivity contribution < 1.29 is 17.9 Å². The lowest BCUT2D eigenvalue weighted by Gasteiger charge is -2.31. The van der Waals surface area contributed by atoms with Gasteiger partial charge in [0.25, 0.3) is 5.91 Å².